The van der Waals surface area contributed by atoms with Crippen LogP contribution in [-0.2, 0) is 15.6 Å². The topological polar surface area (TPSA) is 116 Å². The van der Waals surface area contributed by atoms with E-state index in [-0.39, 0.29) is 10.9 Å². The molecule has 0 fully saturated rings. The number of hydrogen-bond donors (Lipinski definition) is 2. The van der Waals surface area contributed by atoms with E-state index in [2.05, 4.69) is 37.9 Å². The number of allylic oxidation sites excluding steroid dienone is 1. The summed E-state index contributed by atoms with van der Waals surface area (Å²) in [6.07, 6.45) is 3.23. The van der Waals surface area contributed by atoms with Crippen LogP contribution in [0.2, 0.25) is 0 Å². The fraction of sp³-hybridized carbons (Fsp3) is 0.417. The van der Waals surface area contributed by atoms with Crippen LogP contribution >= 0.6 is 0 Å². The third-order valence-electron chi connectivity index (χ3n) is 3.44. The molecule has 1 aromatic rings. The number of carbonyl (C=O) groups is 1. The predicted molar refractivity (Wildman–Crippen MR) is 80.8 cm³/mol. The highest BCUT2D eigenvalue weighted by Crippen LogP contribution is 2.28. The van der Waals surface area contributed by atoms with Gasteiger partial charge in [-0.3, -0.25) is 10.1 Å². The van der Waals surface area contributed by atoms with Crippen molar-refractivity contribution in [3.05, 3.63) is 22.4 Å². The number of aromatic nitrogens is 4. The van der Waals surface area contributed by atoms with Crippen molar-refractivity contribution in [2.45, 2.75) is 26.7 Å². The largest absolute Gasteiger partial charge is 0.320 e. The minimum absolute atomic E-state index is 0.0383. The molecule has 2 N–H and O–H groups in total. The molecule has 3 rings (SSSR count). The Morgan fingerprint density at radius 3 is 2.91 bits per heavy atom. The van der Waals surface area contributed by atoms with Crippen molar-refractivity contribution in [3.8, 4) is 0 Å². The maximum Gasteiger partial charge on any atom is 0.270 e. The van der Waals surface area contributed by atoms with Crippen LogP contribution in [0.4, 0.5) is 5.95 Å². The van der Waals surface area contributed by atoms with Gasteiger partial charge in [0.25, 0.3) is 11.9 Å². The van der Waals surface area contributed by atoms with Gasteiger partial charge in [0.1, 0.15) is 15.7 Å². The van der Waals surface area contributed by atoms with Gasteiger partial charge in [0.05, 0.1) is 0 Å². The number of carbonyl (C=O) groups excluding carboxylic acids is 1. The Bertz CT molecular complexity index is 720. The lowest BCUT2D eigenvalue weighted by atomic mass is 10.1. The van der Waals surface area contributed by atoms with E-state index in [9.17, 15) is 9.00 Å². The summed E-state index contributed by atoms with van der Waals surface area (Å²) in [6.45, 7) is 4.69. The van der Waals surface area contributed by atoms with Gasteiger partial charge in [0.2, 0.25) is 5.17 Å². The van der Waals surface area contributed by atoms with Crippen molar-refractivity contribution < 1.29 is 9.00 Å². The summed E-state index contributed by atoms with van der Waals surface area (Å²) < 4.78 is 12.5. The van der Waals surface area contributed by atoms with Crippen LogP contribution in [0.3, 0.4) is 0 Å². The van der Waals surface area contributed by atoms with Crippen LogP contribution in [0.25, 0.3) is 0 Å². The minimum atomic E-state index is -1.60. The minimum Gasteiger partial charge on any atom is -0.320 e. The predicted octanol–water partition coefficient (Wildman–Crippen LogP) is 0.488. The van der Waals surface area contributed by atoms with E-state index >= 15 is 0 Å². The van der Waals surface area contributed by atoms with Crippen molar-refractivity contribution in [1.82, 2.24) is 25.5 Å². The van der Waals surface area contributed by atoms with Gasteiger partial charge in [-0.25, -0.2) is 9.20 Å². The molecule has 0 saturated carbocycles. The molecule has 0 spiro atoms. The summed E-state index contributed by atoms with van der Waals surface area (Å²) in [5, 5.41) is 15.7. The van der Waals surface area contributed by atoms with Gasteiger partial charge in [-0.05, 0) is 23.6 Å². The number of tetrazole rings is 1. The van der Waals surface area contributed by atoms with Crippen LogP contribution in [0.15, 0.2) is 27.4 Å². The molecule has 0 aromatic carbocycles. The first-order valence-electron chi connectivity index (χ1n) is 6.88. The van der Waals surface area contributed by atoms with Gasteiger partial charge in [-0.15, -0.1) is 5.10 Å². The number of hydrogen-bond acceptors (Lipinski definition) is 7. The quantitative estimate of drug-likeness (QED) is 0.833. The lowest BCUT2D eigenvalue weighted by Gasteiger charge is -2.24. The highest BCUT2D eigenvalue weighted by molar-refractivity contribution is 8.05. The lowest BCUT2D eigenvalue weighted by Crippen LogP contribution is -2.30. The fourth-order valence-electron chi connectivity index (χ4n) is 2.33. The third-order valence-corrected chi connectivity index (χ3v) is 4.79. The van der Waals surface area contributed by atoms with Crippen molar-refractivity contribution in [3.63, 3.8) is 0 Å². The van der Waals surface area contributed by atoms with Crippen molar-refractivity contribution >= 4 is 27.8 Å². The normalized spacial score (nSPS) is 20.6. The van der Waals surface area contributed by atoms with E-state index in [1.807, 2.05) is 6.92 Å². The van der Waals surface area contributed by atoms with E-state index < -0.39 is 16.7 Å². The van der Waals surface area contributed by atoms with Gasteiger partial charge < -0.3 is 4.90 Å². The molecule has 9 nitrogen and oxygen atoms in total. The number of fused-ring (bicyclic) bond motifs is 1. The standard InChI is InChI=1S/C12H15N7O2S/c1-3-7-5-19-6-9(10(20)14-11-15-17-18-16-11)22(21)12(19)13-8(7)4-2/h6H,3-5H2,1-2H3,(H2,14,15,16,17,18,20). The number of amides is 1. The van der Waals surface area contributed by atoms with Crippen molar-refractivity contribution in [2.24, 2.45) is 4.99 Å². The van der Waals surface area contributed by atoms with Crippen LogP contribution < -0.4 is 5.32 Å². The second-order valence-corrected chi connectivity index (χ2v) is 6.07. The SMILES string of the molecule is CCC1=C(CC)N=C2N(C=C(C(=O)Nc3nn[nH]n3)S2=O)C1. The van der Waals surface area contributed by atoms with Crippen LogP contribution in [0.5, 0.6) is 0 Å². The Morgan fingerprint density at radius 1 is 1.45 bits per heavy atom. The highest BCUT2D eigenvalue weighted by atomic mass is 32.2. The van der Waals surface area contributed by atoms with E-state index in [1.54, 1.807) is 11.1 Å². The molecule has 0 radical (unpaired) electrons. The first-order valence-corrected chi connectivity index (χ1v) is 8.03. The van der Waals surface area contributed by atoms with Crippen LogP contribution in [0, 0.1) is 0 Å². The Labute approximate surface area is 129 Å². The molecule has 1 amide bonds. The van der Waals surface area contributed by atoms with Gasteiger partial charge in [-0.1, -0.05) is 18.9 Å². The Balaban J connectivity index is 1.84. The van der Waals surface area contributed by atoms with Crippen LogP contribution in [0.1, 0.15) is 26.7 Å². The van der Waals surface area contributed by atoms with Crippen molar-refractivity contribution in [2.75, 3.05) is 11.9 Å². The second-order valence-electron chi connectivity index (χ2n) is 4.73. The summed E-state index contributed by atoms with van der Waals surface area (Å²) in [7, 11) is -1.60. The maximum absolute atomic E-state index is 12.5. The smallest absolute Gasteiger partial charge is 0.270 e. The molecule has 0 aliphatic carbocycles. The lowest BCUT2D eigenvalue weighted by molar-refractivity contribution is -0.112. The second kappa shape index (κ2) is 5.79. The molecule has 1 aromatic heterocycles. The molecule has 2 aliphatic heterocycles. The number of anilines is 1. The molecule has 1 unspecified atom stereocenters. The summed E-state index contributed by atoms with van der Waals surface area (Å²) in [6, 6.07) is 0. The summed E-state index contributed by atoms with van der Waals surface area (Å²) in [5.41, 5.74) is 2.15. The molecule has 22 heavy (non-hydrogen) atoms. The zero-order chi connectivity index (χ0) is 15.7. The summed E-state index contributed by atoms with van der Waals surface area (Å²) in [5.74, 6) is -0.482. The van der Waals surface area contributed by atoms with Gasteiger partial charge in [-0.2, -0.15) is 5.21 Å². The molecule has 0 saturated heterocycles. The number of aromatic amines is 1. The van der Waals surface area contributed by atoms with Gasteiger partial charge in [0, 0.05) is 18.4 Å². The zero-order valence-corrected chi connectivity index (χ0v) is 13.0. The van der Waals surface area contributed by atoms with Crippen molar-refractivity contribution in [1.29, 1.82) is 0 Å². The van der Waals surface area contributed by atoms with E-state index in [0.717, 1.165) is 18.5 Å². The molecule has 116 valence electrons. The Kier molecular flexibility index (Phi) is 3.84. The first-order chi connectivity index (χ1) is 10.6. The molecule has 0 bridgehead atoms. The number of aliphatic imine (C=N–C) groups is 1. The number of H-pyrrole nitrogens is 1. The molecular formula is C12H15N7O2S. The Morgan fingerprint density at radius 2 is 2.27 bits per heavy atom. The molecule has 10 heteroatoms. The van der Waals surface area contributed by atoms with E-state index in [0.29, 0.717) is 11.7 Å². The molecule has 2 aliphatic rings. The average molecular weight is 321 g/mol. The summed E-state index contributed by atoms with van der Waals surface area (Å²) in [4.78, 5) is 18.5. The number of nitrogens with zero attached hydrogens (tertiary/aromatic N) is 5. The summed E-state index contributed by atoms with van der Waals surface area (Å²) >= 11 is 0. The number of nitrogens with one attached hydrogen (secondary N) is 2. The first kappa shape index (κ1) is 14.6. The molecular weight excluding hydrogens is 306 g/mol. The van der Waals surface area contributed by atoms with Gasteiger partial charge >= 0.3 is 0 Å². The monoisotopic (exact) mass is 321 g/mol. The molecule has 1 atom stereocenters. The number of amidine groups is 1. The van der Waals surface area contributed by atoms with E-state index in [1.165, 1.54) is 5.57 Å². The van der Waals surface area contributed by atoms with Crippen LogP contribution in [-0.4, -0.2) is 47.4 Å². The highest BCUT2D eigenvalue weighted by Gasteiger charge is 2.35. The third kappa shape index (κ3) is 2.45. The van der Waals surface area contributed by atoms with E-state index in [4.69, 9.17) is 0 Å². The Hall–Kier alpha value is -2.36. The number of rotatable bonds is 4. The molecule has 3 heterocycles. The zero-order valence-electron chi connectivity index (χ0n) is 12.2. The van der Waals surface area contributed by atoms with Gasteiger partial charge in [0.15, 0.2) is 0 Å². The average Bonchev–Trinajstić information content (AvgIpc) is 3.14. The maximum atomic E-state index is 12.5. The fourth-order valence-corrected chi connectivity index (χ4v) is 3.49.